The summed E-state index contributed by atoms with van der Waals surface area (Å²) in [6.07, 6.45) is 95.0. The Morgan fingerprint density at radius 3 is 0.753 bits per heavy atom. The van der Waals surface area contributed by atoms with E-state index in [0.29, 0.717) is 19.3 Å². The van der Waals surface area contributed by atoms with E-state index in [0.717, 1.165) is 135 Å². The van der Waals surface area contributed by atoms with Gasteiger partial charge in [0, 0.05) is 19.3 Å². The van der Waals surface area contributed by atoms with Crippen LogP contribution in [0, 0.1) is 0 Å². The molecule has 1 unspecified atom stereocenters. The van der Waals surface area contributed by atoms with E-state index < -0.39 is 6.10 Å². The van der Waals surface area contributed by atoms with Crippen molar-refractivity contribution < 1.29 is 28.6 Å². The van der Waals surface area contributed by atoms with Gasteiger partial charge in [-0.1, -0.05) is 309 Å². The Kier molecular flexibility index (Phi) is 64.8. The summed E-state index contributed by atoms with van der Waals surface area (Å²) in [7, 11) is 0. The minimum Gasteiger partial charge on any atom is -0.462 e. The average molecular weight is 1120 g/mol. The molecule has 6 heteroatoms. The summed E-state index contributed by atoms with van der Waals surface area (Å²) >= 11 is 0. The van der Waals surface area contributed by atoms with E-state index in [1.54, 1.807) is 0 Å². The summed E-state index contributed by atoms with van der Waals surface area (Å²) in [5, 5.41) is 0. The average Bonchev–Trinajstić information content (AvgIpc) is 3.47. The highest BCUT2D eigenvalue weighted by Crippen LogP contribution is 2.17. The molecule has 0 aliphatic carbocycles. The molecule has 0 aliphatic heterocycles. The van der Waals surface area contributed by atoms with Crippen LogP contribution >= 0.6 is 0 Å². The van der Waals surface area contributed by atoms with E-state index in [2.05, 4.69) is 142 Å². The van der Waals surface area contributed by atoms with Gasteiger partial charge in [0.15, 0.2) is 6.10 Å². The van der Waals surface area contributed by atoms with Gasteiger partial charge in [-0.25, -0.2) is 0 Å². The maximum absolute atomic E-state index is 12.9. The van der Waals surface area contributed by atoms with Crippen molar-refractivity contribution in [2.24, 2.45) is 0 Å². The van der Waals surface area contributed by atoms with Crippen LogP contribution < -0.4 is 0 Å². The second-order valence-electron chi connectivity index (χ2n) is 22.3. The van der Waals surface area contributed by atoms with Crippen LogP contribution in [0.4, 0.5) is 0 Å². The Balaban J connectivity index is 4.30. The third-order valence-corrected chi connectivity index (χ3v) is 14.5. The molecule has 6 nitrogen and oxygen atoms in total. The smallest absolute Gasteiger partial charge is 0.306 e. The molecule has 0 rings (SSSR count). The summed E-state index contributed by atoms with van der Waals surface area (Å²) in [6.45, 7) is 6.42. The number of ether oxygens (including phenoxy) is 3. The van der Waals surface area contributed by atoms with Crippen LogP contribution in [0.1, 0.15) is 316 Å². The number of unbranched alkanes of at least 4 members (excludes halogenated alkanes) is 30. The molecule has 0 bridgehead atoms. The van der Waals surface area contributed by atoms with Gasteiger partial charge in [0.1, 0.15) is 13.2 Å². The van der Waals surface area contributed by atoms with E-state index in [1.165, 1.54) is 141 Å². The molecule has 0 spiro atoms. The van der Waals surface area contributed by atoms with E-state index in [9.17, 15) is 14.4 Å². The molecule has 0 radical (unpaired) electrons. The molecule has 0 saturated heterocycles. The van der Waals surface area contributed by atoms with Crippen LogP contribution in [-0.4, -0.2) is 37.2 Å². The highest BCUT2D eigenvalue weighted by molar-refractivity contribution is 5.71. The number of carbonyl (C=O) groups excluding carboxylic acids is 3. The van der Waals surface area contributed by atoms with Crippen molar-refractivity contribution in [3.63, 3.8) is 0 Å². The molecule has 0 N–H and O–H groups in total. The van der Waals surface area contributed by atoms with Crippen LogP contribution in [-0.2, 0) is 28.6 Å². The summed E-state index contributed by atoms with van der Waals surface area (Å²) in [4.78, 5) is 38.4. The van der Waals surface area contributed by atoms with Crippen LogP contribution in [0.5, 0.6) is 0 Å². The maximum atomic E-state index is 12.9. The maximum Gasteiger partial charge on any atom is 0.306 e. The molecule has 0 heterocycles. The van der Waals surface area contributed by atoms with Gasteiger partial charge in [-0.3, -0.25) is 14.4 Å². The van der Waals surface area contributed by atoms with Crippen molar-refractivity contribution in [1.82, 2.24) is 0 Å². The largest absolute Gasteiger partial charge is 0.462 e. The fourth-order valence-electron chi connectivity index (χ4n) is 9.44. The standard InChI is InChI=1S/C75H126O6/c1-4-7-10-13-16-19-22-25-28-30-31-32-33-34-35-36-37-38-39-40-41-42-43-45-47-50-53-56-59-62-65-68-74(77)80-71-72(70-79-73(76)67-64-61-58-55-52-49-46-27-24-21-18-15-12-9-6-3)81-75(78)69-66-63-60-57-54-51-48-44-29-26-23-20-17-14-11-8-5-2/h7-8,10-11,16-17,19-20,25-26,28-29,31-32,34-35,37-38,48,51,72H,4-6,9,12-15,18,21-24,27,30,33,36,39-47,49-50,52-71H2,1-3H3/b10-7-,11-8-,19-16-,20-17-,28-25-,29-26-,32-31-,35-34-,38-37-,51-48-. The van der Waals surface area contributed by atoms with Crippen molar-refractivity contribution in [1.29, 1.82) is 0 Å². The van der Waals surface area contributed by atoms with Gasteiger partial charge < -0.3 is 14.2 Å². The molecule has 0 aliphatic rings. The molecule has 0 amide bonds. The van der Waals surface area contributed by atoms with Gasteiger partial charge in [0.25, 0.3) is 0 Å². The molecule has 0 fully saturated rings. The zero-order valence-corrected chi connectivity index (χ0v) is 53.0. The van der Waals surface area contributed by atoms with Crippen molar-refractivity contribution in [3.8, 4) is 0 Å². The number of allylic oxidation sites excluding steroid dienone is 20. The molecule has 81 heavy (non-hydrogen) atoms. The van der Waals surface area contributed by atoms with E-state index >= 15 is 0 Å². The van der Waals surface area contributed by atoms with Crippen LogP contribution in [0.15, 0.2) is 122 Å². The topological polar surface area (TPSA) is 78.9 Å². The molecule has 0 saturated carbocycles. The Hall–Kier alpha value is -4.19. The number of hydrogen-bond donors (Lipinski definition) is 0. The molecule has 0 aromatic carbocycles. The third kappa shape index (κ3) is 66.5. The molecule has 0 aromatic heterocycles. The Morgan fingerprint density at radius 1 is 0.259 bits per heavy atom. The van der Waals surface area contributed by atoms with E-state index in [1.807, 2.05) is 0 Å². The first-order valence-electron chi connectivity index (χ1n) is 34.0. The quantitative estimate of drug-likeness (QED) is 0.0261. The zero-order chi connectivity index (χ0) is 58.5. The fraction of sp³-hybridized carbons (Fsp3) is 0.693. The van der Waals surface area contributed by atoms with Crippen molar-refractivity contribution in [3.05, 3.63) is 122 Å². The van der Waals surface area contributed by atoms with Gasteiger partial charge in [0.05, 0.1) is 0 Å². The lowest BCUT2D eigenvalue weighted by atomic mass is 10.0. The first kappa shape index (κ1) is 76.8. The molecule has 0 aromatic rings. The SMILES string of the molecule is CC/C=C\C/C=C\C/C=C\C/C=C\C/C=C\C/C=C\CCCCCCCCCCCCCCC(=O)OCC(COC(=O)CCCCCCCCCCCCCCCCC)OC(=O)CCCCCC/C=C\C/C=C\C/C=C\C/C=C\CC. The lowest BCUT2D eigenvalue weighted by Gasteiger charge is -2.18. The summed E-state index contributed by atoms with van der Waals surface area (Å²) in [5.41, 5.74) is 0. The minimum absolute atomic E-state index is 0.0868. The Bertz CT molecular complexity index is 1670. The van der Waals surface area contributed by atoms with Gasteiger partial charge in [-0.05, 0) is 109 Å². The van der Waals surface area contributed by atoms with Gasteiger partial charge in [0.2, 0.25) is 0 Å². The van der Waals surface area contributed by atoms with Crippen LogP contribution in [0.25, 0.3) is 0 Å². The summed E-state index contributed by atoms with van der Waals surface area (Å²) in [6, 6.07) is 0. The monoisotopic (exact) mass is 1120 g/mol. The summed E-state index contributed by atoms with van der Waals surface area (Å²) < 4.78 is 16.9. The minimum atomic E-state index is -0.794. The molecule has 462 valence electrons. The van der Waals surface area contributed by atoms with E-state index in [-0.39, 0.29) is 31.1 Å². The van der Waals surface area contributed by atoms with Crippen LogP contribution in [0.2, 0.25) is 0 Å². The predicted octanol–water partition coefficient (Wildman–Crippen LogP) is 23.6. The fourth-order valence-corrected chi connectivity index (χ4v) is 9.44. The van der Waals surface area contributed by atoms with E-state index in [4.69, 9.17) is 14.2 Å². The van der Waals surface area contributed by atoms with Gasteiger partial charge in [-0.2, -0.15) is 0 Å². The van der Waals surface area contributed by atoms with Crippen LogP contribution in [0.3, 0.4) is 0 Å². The lowest BCUT2D eigenvalue weighted by Crippen LogP contribution is -2.30. The second kappa shape index (κ2) is 68.3. The lowest BCUT2D eigenvalue weighted by molar-refractivity contribution is -0.167. The number of rotatable bonds is 61. The van der Waals surface area contributed by atoms with Crippen molar-refractivity contribution in [2.75, 3.05) is 13.2 Å². The first-order valence-corrected chi connectivity index (χ1v) is 34.0. The van der Waals surface area contributed by atoms with Gasteiger partial charge in [-0.15, -0.1) is 0 Å². The molecule has 1 atom stereocenters. The predicted molar refractivity (Wildman–Crippen MR) is 353 cm³/mol. The van der Waals surface area contributed by atoms with Crippen molar-refractivity contribution >= 4 is 17.9 Å². The van der Waals surface area contributed by atoms with Gasteiger partial charge >= 0.3 is 17.9 Å². The Morgan fingerprint density at radius 2 is 0.481 bits per heavy atom. The zero-order valence-electron chi connectivity index (χ0n) is 53.0. The normalized spacial score (nSPS) is 12.9. The second-order valence-corrected chi connectivity index (χ2v) is 22.3. The Labute approximate surface area is 501 Å². The number of carbonyl (C=O) groups is 3. The first-order chi connectivity index (χ1) is 40.0. The molecular weight excluding hydrogens is 997 g/mol. The van der Waals surface area contributed by atoms with Crippen molar-refractivity contribution in [2.45, 2.75) is 322 Å². The highest BCUT2D eigenvalue weighted by Gasteiger charge is 2.19. The summed E-state index contributed by atoms with van der Waals surface area (Å²) in [5.74, 6) is -0.902. The molecular formula is C75H126O6. The highest BCUT2D eigenvalue weighted by atomic mass is 16.6. The number of esters is 3. The third-order valence-electron chi connectivity index (χ3n) is 14.5. The number of hydrogen-bond acceptors (Lipinski definition) is 6.